The van der Waals surface area contributed by atoms with Gasteiger partial charge in [-0.15, -0.1) is 0 Å². The summed E-state index contributed by atoms with van der Waals surface area (Å²) in [6, 6.07) is -2.29. The van der Waals surface area contributed by atoms with Crippen molar-refractivity contribution in [1.82, 2.24) is 16.0 Å². The van der Waals surface area contributed by atoms with Crippen molar-refractivity contribution in [1.29, 1.82) is 0 Å². The molecule has 104 valence electrons. The van der Waals surface area contributed by atoms with Crippen LogP contribution in [-0.2, 0) is 4.79 Å². The number of hydrogen-bond acceptors (Lipinski definition) is 3. The minimum atomic E-state index is -1.10. The zero-order valence-corrected chi connectivity index (χ0v) is 10.7. The summed E-state index contributed by atoms with van der Waals surface area (Å²) < 4.78 is 0. The van der Waals surface area contributed by atoms with Crippen LogP contribution in [0, 0.1) is 5.41 Å². The molecule has 0 aromatic rings. The molecule has 0 unspecified atom stereocenters. The molecule has 1 atom stereocenters. The van der Waals surface area contributed by atoms with E-state index < -0.39 is 29.5 Å². The van der Waals surface area contributed by atoms with Crippen LogP contribution in [0.2, 0.25) is 0 Å². The van der Waals surface area contributed by atoms with Crippen LogP contribution >= 0.6 is 0 Å². The Balaban J connectivity index is 4.12. The van der Waals surface area contributed by atoms with Crippen LogP contribution in [0.1, 0.15) is 20.8 Å². The van der Waals surface area contributed by atoms with E-state index in [9.17, 15) is 14.4 Å². The van der Waals surface area contributed by atoms with Gasteiger partial charge in [-0.2, -0.15) is 0 Å². The first-order valence-corrected chi connectivity index (χ1v) is 5.45. The Bertz CT molecular complexity index is 324. The van der Waals surface area contributed by atoms with E-state index >= 15 is 0 Å². The quantitative estimate of drug-likeness (QED) is 0.424. The highest BCUT2D eigenvalue weighted by atomic mass is 16.4. The number of primary amides is 1. The van der Waals surface area contributed by atoms with Gasteiger partial charge in [0.2, 0.25) is 0 Å². The molecule has 0 aromatic heterocycles. The van der Waals surface area contributed by atoms with Gasteiger partial charge in [-0.1, -0.05) is 20.8 Å². The maximum absolute atomic E-state index is 11.4. The van der Waals surface area contributed by atoms with Gasteiger partial charge in [0.15, 0.2) is 0 Å². The van der Waals surface area contributed by atoms with Crippen molar-refractivity contribution in [2.45, 2.75) is 26.8 Å². The lowest BCUT2D eigenvalue weighted by Gasteiger charge is -2.27. The van der Waals surface area contributed by atoms with E-state index in [1.54, 1.807) is 20.8 Å². The molecule has 4 amide bonds. The second-order valence-electron chi connectivity index (χ2n) is 4.83. The lowest BCUT2D eigenvalue weighted by molar-refractivity contribution is -0.141. The molecule has 0 spiro atoms. The van der Waals surface area contributed by atoms with Gasteiger partial charge in [-0.25, -0.2) is 14.4 Å². The number of aliphatic carboxylic acids is 1. The number of rotatable bonds is 5. The largest absolute Gasteiger partial charge is 0.480 e. The average Bonchev–Trinajstić information content (AvgIpc) is 2.18. The van der Waals surface area contributed by atoms with Crippen molar-refractivity contribution >= 4 is 18.0 Å². The van der Waals surface area contributed by atoms with Crippen molar-refractivity contribution < 1.29 is 19.5 Å². The number of nitrogens with two attached hydrogens (primary N) is 1. The molecule has 18 heavy (non-hydrogen) atoms. The van der Waals surface area contributed by atoms with E-state index in [4.69, 9.17) is 10.8 Å². The monoisotopic (exact) mass is 260 g/mol. The second kappa shape index (κ2) is 6.67. The fourth-order valence-corrected chi connectivity index (χ4v) is 1.19. The van der Waals surface area contributed by atoms with Crippen LogP contribution in [0.3, 0.4) is 0 Å². The number of amides is 4. The van der Waals surface area contributed by atoms with Crippen molar-refractivity contribution in [3.8, 4) is 0 Å². The number of carbonyl (C=O) groups excluding carboxylic acids is 2. The summed E-state index contributed by atoms with van der Waals surface area (Å²) >= 11 is 0. The fourth-order valence-electron chi connectivity index (χ4n) is 1.19. The number of carboxylic acids is 1. The summed E-state index contributed by atoms with van der Waals surface area (Å²) in [6.07, 6.45) is 0. The third-order valence-electron chi connectivity index (χ3n) is 2.10. The number of carbonyl (C=O) groups is 3. The Hall–Kier alpha value is -1.99. The number of nitrogens with one attached hydrogen (secondary N) is 3. The van der Waals surface area contributed by atoms with Crippen LogP contribution in [0.15, 0.2) is 0 Å². The SMILES string of the molecule is CC(C)(C)[C@@H](NC(=O)NCCNC(N)=O)C(=O)O. The highest BCUT2D eigenvalue weighted by Gasteiger charge is 2.32. The minimum absolute atomic E-state index is 0.158. The third-order valence-corrected chi connectivity index (χ3v) is 2.10. The van der Waals surface area contributed by atoms with Gasteiger partial charge in [0, 0.05) is 13.1 Å². The van der Waals surface area contributed by atoms with E-state index in [0.717, 1.165) is 0 Å². The van der Waals surface area contributed by atoms with Crippen LogP contribution in [0.5, 0.6) is 0 Å². The Morgan fingerprint density at radius 3 is 2.06 bits per heavy atom. The predicted molar refractivity (Wildman–Crippen MR) is 65.0 cm³/mol. The number of urea groups is 2. The minimum Gasteiger partial charge on any atom is -0.480 e. The maximum atomic E-state index is 11.4. The van der Waals surface area contributed by atoms with E-state index in [-0.39, 0.29) is 13.1 Å². The molecule has 0 saturated heterocycles. The zero-order chi connectivity index (χ0) is 14.3. The molecule has 0 aliphatic heterocycles. The molecule has 0 aliphatic rings. The highest BCUT2D eigenvalue weighted by molar-refractivity contribution is 5.83. The first kappa shape index (κ1) is 16.0. The van der Waals surface area contributed by atoms with Crippen molar-refractivity contribution in [3.63, 3.8) is 0 Å². The number of carboxylic acid groups (broad SMARTS) is 1. The summed E-state index contributed by atoms with van der Waals surface area (Å²) in [7, 11) is 0. The topological polar surface area (TPSA) is 134 Å². The summed E-state index contributed by atoms with van der Waals surface area (Å²) in [5.74, 6) is -1.10. The summed E-state index contributed by atoms with van der Waals surface area (Å²) in [5.41, 5.74) is 4.23. The Kier molecular flexibility index (Phi) is 5.94. The zero-order valence-electron chi connectivity index (χ0n) is 10.7. The summed E-state index contributed by atoms with van der Waals surface area (Å²) in [5, 5.41) is 16.0. The molecule has 6 N–H and O–H groups in total. The molecule has 0 radical (unpaired) electrons. The van der Waals surface area contributed by atoms with Gasteiger partial charge < -0.3 is 26.8 Å². The van der Waals surface area contributed by atoms with E-state index in [1.807, 2.05) is 0 Å². The molecule has 8 heteroatoms. The lowest BCUT2D eigenvalue weighted by atomic mass is 9.87. The Morgan fingerprint density at radius 1 is 1.17 bits per heavy atom. The van der Waals surface area contributed by atoms with Crippen molar-refractivity contribution in [2.24, 2.45) is 11.1 Å². The van der Waals surface area contributed by atoms with Gasteiger partial charge in [0.1, 0.15) is 6.04 Å². The van der Waals surface area contributed by atoms with E-state index in [0.29, 0.717) is 0 Å². The first-order chi connectivity index (χ1) is 8.14. The summed E-state index contributed by atoms with van der Waals surface area (Å²) in [4.78, 5) is 32.8. The Labute approximate surface area is 105 Å². The van der Waals surface area contributed by atoms with Gasteiger partial charge in [-0.3, -0.25) is 0 Å². The molecule has 0 heterocycles. The standard InChI is InChI=1S/C10H20N4O4/c1-10(2,3)6(7(15)16)14-9(18)13-5-4-12-8(11)17/h6H,4-5H2,1-3H3,(H,15,16)(H3,11,12,17)(H2,13,14,18)/t6-/m0/s1. The molecule has 8 nitrogen and oxygen atoms in total. The highest BCUT2D eigenvalue weighted by Crippen LogP contribution is 2.19. The molecule has 0 aliphatic carbocycles. The van der Waals surface area contributed by atoms with E-state index in [1.165, 1.54) is 0 Å². The molecular formula is C10H20N4O4. The molecule has 0 rings (SSSR count). The average molecular weight is 260 g/mol. The molecule has 0 fully saturated rings. The van der Waals surface area contributed by atoms with Gasteiger partial charge in [0.25, 0.3) is 0 Å². The normalized spacial score (nSPS) is 12.4. The van der Waals surface area contributed by atoms with Crippen LogP contribution in [-0.4, -0.2) is 42.3 Å². The van der Waals surface area contributed by atoms with Gasteiger partial charge in [-0.05, 0) is 5.41 Å². The Morgan fingerprint density at radius 2 is 1.67 bits per heavy atom. The van der Waals surface area contributed by atoms with Crippen molar-refractivity contribution in [2.75, 3.05) is 13.1 Å². The molecule has 0 bridgehead atoms. The van der Waals surface area contributed by atoms with Crippen molar-refractivity contribution in [3.05, 3.63) is 0 Å². The van der Waals surface area contributed by atoms with Crippen LogP contribution < -0.4 is 21.7 Å². The van der Waals surface area contributed by atoms with Gasteiger partial charge >= 0.3 is 18.0 Å². The van der Waals surface area contributed by atoms with Gasteiger partial charge in [0.05, 0.1) is 0 Å². The van der Waals surface area contributed by atoms with Crippen LogP contribution in [0.4, 0.5) is 9.59 Å². The predicted octanol–water partition coefficient (Wildman–Crippen LogP) is -0.547. The molecular weight excluding hydrogens is 240 g/mol. The lowest BCUT2D eigenvalue weighted by Crippen LogP contribution is -2.53. The van der Waals surface area contributed by atoms with Crippen LogP contribution in [0.25, 0.3) is 0 Å². The first-order valence-electron chi connectivity index (χ1n) is 5.45. The summed E-state index contributed by atoms with van der Waals surface area (Å²) in [6.45, 7) is 5.46. The van der Waals surface area contributed by atoms with E-state index in [2.05, 4.69) is 16.0 Å². The fraction of sp³-hybridized carbons (Fsp3) is 0.700. The third kappa shape index (κ3) is 6.56. The number of hydrogen-bond donors (Lipinski definition) is 5. The smallest absolute Gasteiger partial charge is 0.326 e. The molecule has 0 aromatic carbocycles. The second-order valence-corrected chi connectivity index (χ2v) is 4.83. The maximum Gasteiger partial charge on any atom is 0.326 e. The molecule has 0 saturated carbocycles.